The molecular weight excluding hydrogens is 328 g/mol. The number of para-hydroxylation sites is 1. The van der Waals surface area contributed by atoms with E-state index in [9.17, 15) is 0 Å². The summed E-state index contributed by atoms with van der Waals surface area (Å²) in [4.78, 5) is 13.8. The average Bonchev–Trinajstić information content (AvgIpc) is 2.95. The van der Waals surface area contributed by atoms with Gasteiger partial charge in [0.2, 0.25) is 0 Å². The van der Waals surface area contributed by atoms with Crippen LogP contribution in [0.5, 0.6) is 0 Å². The number of halogens is 1. The highest BCUT2D eigenvalue weighted by atomic mass is 79.9. The van der Waals surface area contributed by atoms with Crippen LogP contribution in [0, 0.1) is 0 Å². The van der Waals surface area contributed by atoms with Gasteiger partial charge in [0.15, 0.2) is 5.82 Å². The number of aromatic nitrogens is 3. The van der Waals surface area contributed by atoms with Gasteiger partial charge in [-0.2, -0.15) is 0 Å². The van der Waals surface area contributed by atoms with E-state index >= 15 is 0 Å². The van der Waals surface area contributed by atoms with Crippen molar-refractivity contribution in [3.8, 4) is 11.5 Å². The third-order valence-corrected chi connectivity index (χ3v) is 4.46. The Morgan fingerprint density at radius 1 is 1.05 bits per heavy atom. The predicted molar refractivity (Wildman–Crippen MR) is 86.9 cm³/mol. The normalized spacial score (nSPS) is 13.6. The quantitative estimate of drug-likeness (QED) is 0.735. The number of pyridine rings is 1. The van der Waals surface area contributed by atoms with Crippen LogP contribution in [0.15, 0.2) is 34.8 Å². The molecule has 0 spiro atoms. The lowest BCUT2D eigenvalue weighted by atomic mass is 10.2. The third kappa shape index (κ3) is 2.08. The Morgan fingerprint density at radius 2 is 1.90 bits per heavy atom. The van der Waals surface area contributed by atoms with E-state index in [1.165, 1.54) is 0 Å². The van der Waals surface area contributed by atoms with Gasteiger partial charge in [0.25, 0.3) is 0 Å². The Bertz CT molecular complexity index is 860. The van der Waals surface area contributed by atoms with E-state index in [2.05, 4.69) is 30.9 Å². The summed E-state index contributed by atoms with van der Waals surface area (Å²) in [7, 11) is 0. The number of nitrogen functional groups attached to an aromatic ring is 1. The van der Waals surface area contributed by atoms with Crippen LogP contribution in [-0.2, 0) is 12.8 Å². The lowest BCUT2D eigenvalue weighted by molar-refractivity contribution is 0.900. The molecule has 104 valence electrons. The van der Waals surface area contributed by atoms with Crippen LogP contribution in [0.3, 0.4) is 0 Å². The van der Waals surface area contributed by atoms with Gasteiger partial charge in [-0.3, -0.25) is 0 Å². The highest BCUT2D eigenvalue weighted by Crippen LogP contribution is 2.31. The SMILES string of the molecule is Nc1nc(-c2nc3ccccc3cc2Br)nc2c1CCC2. The topological polar surface area (TPSA) is 64.7 Å². The lowest BCUT2D eigenvalue weighted by Gasteiger charge is -2.08. The van der Waals surface area contributed by atoms with Crippen molar-refractivity contribution >= 4 is 32.7 Å². The van der Waals surface area contributed by atoms with Crippen molar-refractivity contribution in [2.24, 2.45) is 0 Å². The van der Waals surface area contributed by atoms with Gasteiger partial charge in [0.05, 0.1) is 5.52 Å². The number of rotatable bonds is 1. The highest BCUT2D eigenvalue weighted by molar-refractivity contribution is 9.10. The van der Waals surface area contributed by atoms with Crippen molar-refractivity contribution in [2.75, 3.05) is 5.73 Å². The van der Waals surface area contributed by atoms with Gasteiger partial charge >= 0.3 is 0 Å². The molecule has 1 aliphatic rings. The summed E-state index contributed by atoms with van der Waals surface area (Å²) in [6.07, 6.45) is 3.05. The molecule has 4 nitrogen and oxygen atoms in total. The largest absolute Gasteiger partial charge is 0.383 e. The van der Waals surface area contributed by atoms with E-state index < -0.39 is 0 Å². The van der Waals surface area contributed by atoms with E-state index in [0.717, 1.165) is 51.6 Å². The van der Waals surface area contributed by atoms with E-state index in [1.807, 2.05) is 30.3 Å². The van der Waals surface area contributed by atoms with Crippen molar-refractivity contribution < 1.29 is 0 Å². The molecule has 0 atom stereocenters. The Hall–Kier alpha value is -2.01. The van der Waals surface area contributed by atoms with Crippen molar-refractivity contribution in [2.45, 2.75) is 19.3 Å². The molecule has 2 heterocycles. The number of hydrogen-bond acceptors (Lipinski definition) is 4. The zero-order valence-electron chi connectivity index (χ0n) is 11.3. The maximum absolute atomic E-state index is 6.08. The minimum atomic E-state index is 0.592. The molecule has 1 aromatic carbocycles. The molecule has 2 aromatic heterocycles. The minimum absolute atomic E-state index is 0.592. The van der Waals surface area contributed by atoms with Crippen molar-refractivity contribution in [1.29, 1.82) is 0 Å². The number of nitrogens with zero attached hydrogens (tertiary/aromatic N) is 3. The molecule has 3 aromatic rings. The minimum Gasteiger partial charge on any atom is -0.383 e. The fourth-order valence-electron chi connectivity index (χ4n) is 2.81. The Kier molecular flexibility index (Phi) is 2.89. The molecule has 0 unspecified atom stereocenters. The third-order valence-electron chi connectivity index (χ3n) is 3.85. The first-order valence-corrected chi connectivity index (χ1v) is 7.72. The number of anilines is 1. The Balaban J connectivity index is 1.94. The van der Waals surface area contributed by atoms with Gasteiger partial charge in [-0.05, 0) is 47.3 Å². The van der Waals surface area contributed by atoms with Crippen molar-refractivity contribution in [3.63, 3.8) is 0 Å². The first kappa shape index (κ1) is 12.7. The van der Waals surface area contributed by atoms with Crippen molar-refractivity contribution in [3.05, 3.63) is 46.1 Å². The van der Waals surface area contributed by atoms with Crippen LogP contribution in [0.25, 0.3) is 22.4 Å². The van der Waals surface area contributed by atoms with E-state index in [1.54, 1.807) is 0 Å². The first-order valence-electron chi connectivity index (χ1n) is 6.93. The highest BCUT2D eigenvalue weighted by Gasteiger charge is 2.20. The zero-order chi connectivity index (χ0) is 14.4. The van der Waals surface area contributed by atoms with Crippen LogP contribution >= 0.6 is 15.9 Å². The predicted octanol–water partition coefficient (Wildman–Crippen LogP) is 3.53. The molecular formula is C16H13BrN4. The van der Waals surface area contributed by atoms with Crippen LogP contribution in [0.4, 0.5) is 5.82 Å². The maximum atomic E-state index is 6.08. The molecule has 0 saturated carbocycles. The summed E-state index contributed by atoms with van der Waals surface area (Å²) >= 11 is 3.58. The fraction of sp³-hybridized carbons (Fsp3) is 0.188. The summed E-state index contributed by atoms with van der Waals surface area (Å²) in [6, 6.07) is 10.0. The first-order chi connectivity index (χ1) is 10.2. The molecule has 21 heavy (non-hydrogen) atoms. The molecule has 0 radical (unpaired) electrons. The van der Waals surface area contributed by atoms with Crippen LogP contribution < -0.4 is 5.73 Å². The van der Waals surface area contributed by atoms with Gasteiger partial charge in [-0.1, -0.05) is 18.2 Å². The molecule has 0 saturated heterocycles. The van der Waals surface area contributed by atoms with Gasteiger partial charge in [0, 0.05) is 21.1 Å². The summed E-state index contributed by atoms with van der Waals surface area (Å²) < 4.78 is 0.888. The molecule has 0 aliphatic heterocycles. The summed E-state index contributed by atoms with van der Waals surface area (Å²) in [5, 5.41) is 1.09. The van der Waals surface area contributed by atoms with Crippen LogP contribution in [0.1, 0.15) is 17.7 Å². The Morgan fingerprint density at radius 3 is 2.81 bits per heavy atom. The summed E-state index contributed by atoms with van der Waals surface area (Å²) in [5.41, 5.74) is 9.93. The van der Waals surface area contributed by atoms with Gasteiger partial charge in [-0.15, -0.1) is 0 Å². The molecule has 5 heteroatoms. The van der Waals surface area contributed by atoms with Gasteiger partial charge < -0.3 is 5.73 Å². The van der Waals surface area contributed by atoms with Crippen LogP contribution in [0.2, 0.25) is 0 Å². The number of fused-ring (bicyclic) bond motifs is 2. The standard InChI is InChI=1S/C16H13BrN4/c17-11-8-9-4-1-2-6-12(9)19-14(11)16-20-13-7-3-5-10(13)15(18)21-16/h1-2,4,6,8H,3,5,7H2,(H2,18,20,21). The van der Waals surface area contributed by atoms with Gasteiger partial charge in [-0.25, -0.2) is 15.0 Å². The van der Waals surface area contributed by atoms with Gasteiger partial charge in [0.1, 0.15) is 11.5 Å². The second kappa shape index (κ2) is 4.77. The summed E-state index contributed by atoms with van der Waals surface area (Å²) in [6.45, 7) is 0. The lowest BCUT2D eigenvalue weighted by Crippen LogP contribution is -2.04. The number of nitrogens with two attached hydrogens (primary N) is 1. The van der Waals surface area contributed by atoms with E-state index in [4.69, 9.17) is 5.73 Å². The molecule has 0 fully saturated rings. The molecule has 2 N–H and O–H groups in total. The molecule has 1 aliphatic carbocycles. The number of benzene rings is 1. The molecule has 0 amide bonds. The fourth-order valence-corrected chi connectivity index (χ4v) is 3.33. The zero-order valence-corrected chi connectivity index (χ0v) is 12.9. The van der Waals surface area contributed by atoms with Crippen LogP contribution in [-0.4, -0.2) is 15.0 Å². The average molecular weight is 341 g/mol. The number of hydrogen-bond donors (Lipinski definition) is 1. The van der Waals surface area contributed by atoms with E-state index in [0.29, 0.717) is 11.6 Å². The van der Waals surface area contributed by atoms with E-state index in [-0.39, 0.29) is 0 Å². The number of aryl methyl sites for hydroxylation is 1. The second-order valence-corrected chi connectivity index (χ2v) is 6.08. The summed E-state index contributed by atoms with van der Waals surface area (Å²) in [5.74, 6) is 1.19. The molecule has 4 rings (SSSR count). The second-order valence-electron chi connectivity index (χ2n) is 5.22. The molecule has 0 bridgehead atoms. The van der Waals surface area contributed by atoms with Crippen molar-refractivity contribution in [1.82, 2.24) is 15.0 Å². The Labute approximate surface area is 130 Å². The maximum Gasteiger partial charge on any atom is 0.181 e. The monoisotopic (exact) mass is 340 g/mol. The smallest absolute Gasteiger partial charge is 0.181 e.